The van der Waals surface area contributed by atoms with Crippen LogP contribution in [0.2, 0.25) is 0 Å². The van der Waals surface area contributed by atoms with Crippen LogP contribution in [0.3, 0.4) is 0 Å². The number of aliphatic hydroxyl groups is 1. The van der Waals surface area contributed by atoms with Gasteiger partial charge in [-0.2, -0.15) is 0 Å². The summed E-state index contributed by atoms with van der Waals surface area (Å²) in [6.07, 6.45) is 0. The molecule has 7 nitrogen and oxygen atoms in total. The first-order chi connectivity index (χ1) is 8.70. The van der Waals surface area contributed by atoms with Crippen LogP contribution in [0.15, 0.2) is 18.2 Å². The van der Waals surface area contributed by atoms with Gasteiger partial charge < -0.3 is 15.1 Å². The maximum absolute atomic E-state index is 12.2. The molecule has 1 rings (SSSR count). The summed E-state index contributed by atoms with van der Waals surface area (Å²) in [7, 11) is 1.44. The van der Waals surface area contributed by atoms with Crippen LogP contribution in [-0.4, -0.2) is 45.1 Å². The largest absolute Gasteiger partial charge is 0.508 e. The number of amides is 1. The zero-order chi connectivity index (χ0) is 14.8. The van der Waals surface area contributed by atoms with E-state index in [-0.39, 0.29) is 23.6 Å². The lowest BCUT2D eigenvalue weighted by Gasteiger charge is -2.33. The molecule has 0 aliphatic carbocycles. The van der Waals surface area contributed by atoms with E-state index in [9.17, 15) is 25.1 Å². The summed E-state index contributed by atoms with van der Waals surface area (Å²) in [6, 6.07) is 3.26. The zero-order valence-corrected chi connectivity index (χ0v) is 11.0. The Bertz CT molecular complexity index is 513. The fourth-order valence-electron chi connectivity index (χ4n) is 1.42. The molecule has 0 aliphatic heterocycles. The van der Waals surface area contributed by atoms with Crippen molar-refractivity contribution in [2.24, 2.45) is 0 Å². The number of rotatable bonds is 4. The van der Waals surface area contributed by atoms with E-state index in [1.54, 1.807) is 13.8 Å². The van der Waals surface area contributed by atoms with Crippen molar-refractivity contribution in [1.82, 2.24) is 4.90 Å². The van der Waals surface area contributed by atoms with Gasteiger partial charge in [0.05, 0.1) is 17.1 Å². The minimum atomic E-state index is -0.865. The van der Waals surface area contributed by atoms with Crippen molar-refractivity contribution in [1.29, 1.82) is 0 Å². The molecule has 0 heterocycles. The van der Waals surface area contributed by atoms with E-state index in [1.165, 1.54) is 11.9 Å². The molecule has 0 bridgehead atoms. The molecule has 0 aromatic heterocycles. The van der Waals surface area contributed by atoms with E-state index in [2.05, 4.69) is 0 Å². The summed E-state index contributed by atoms with van der Waals surface area (Å²) in [5, 5.41) is 29.5. The van der Waals surface area contributed by atoms with E-state index in [0.717, 1.165) is 18.2 Å². The summed E-state index contributed by atoms with van der Waals surface area (Å²) < 4.78 is 0. The SMILES string of the molecule is CN(C(=O)c1cc(O)ccc1[N+](=O)[O-])C(C)(C)CO. The van der Waals surface area contributed by atoms with Gasteiger partial charge in [-0.3, -0.25) is 14.9 Å². The van der Waals surface area contributed by atoms with Gasteiger partial charge in [-0.15, -0.1) is 0 Å². The fraction of sp³-hybridized carbons (Fsp3) is 0.417. The van der Waals surface area contributed by atoms with E-state index >= 15 is 0 Å². The number of hydrogen-bond acceptors (Lipinski definition) is 5. The number of aromatic hydroxyl groups is 1. The number of carbonyl (C=O) groups is 1. The number of likely N-dealkylation sites (N-methyl/N-ethyl adjacent to an activating group) is 1. The Balaban J connectivity index is 3.26. The maximum atomic E-state index is 12.2. The topological polar surface area (TPSA) is 104 Å². The molecule has 1 aromatic rings. The molecule has 0 unspecified atom stereocenters. The molecule has 0 atom stereocenters. The third-order valence-corrected chi connectivity index (χ3v) is 3.01. The van der Waals surface area contributed by atoms with Gasteiger partial charge in [0.25, 0.3) is 11.6 Å². The Labute approximate surface area is 110 Å². The van der Waals surface area contributed by atoms with Gasteiger partial charge in [0.1, 0.15) is 11.3 Å². The molecule has 19 heavy (non-hydrogen) atoms. The number of nitro benzene ring substituents is 1. The fourth-order valence-corrected chi connectivity index (χ4v) is 1.42. The van der Waals surface area contributed by atoms with Crippen molar-refractivity contribution in [3.8, 4) is 5.75 Å². The average Bonchev–Trinajstić information content (AvgIpc) is 2.36. The lowest BCUT2D eigenvalue weighted by molar-refractivity contribution is -0.385. The number of phenols is 1. The Morgan fingerprint density at radius 2 is 2.05 bits per heavy atom. The standard InChI is InChI=1S/C12H16N2O5/c1-12(2,7-15)13(3)11(17)9-6-8(16)4-5-10(9)14(18)19/h4-6,15-16H,7H2,1-3H3. The molecular weight excluding hydrogens is 252 g/mol. The van der Waals surface area contributed by atoms with Gasteiger partial charge in [0.2, 0.25) is 0 Å². The van der Waals surface area contributed by atoms with Crippen LogP contribution in [0, 0.1) is 10.1 Å². The minimum Gasteiger partial charge on any atom is -0.508 e. The third-order valence-electron chi connectivity index (χ3n) is 3.01. The first-order valence-corrected chi connectivity index (χ1v) is 5.57. The number of aliphatic hydroxyl groups excluding tert-OH is 1. The van der Waals surface area contributed by atoms with Crippen molar-refractivity contribution >= 4 is 11.6 Å². The minimum absolute atomic E-state index is 0.214. The second-order valence-electron chi connectivity index (χ2n) is 4.79. The van der Waals surface area contributed by atoms with Crippen molar-refractivity contribution in [2.75, 3.05) is 13.7 Å². The van der Waals surface area contributed by atoms with Gasteiger partial charge in [-0.25, -0.2) is 0 Å². The molecular formula is C12H16N2O5. The number of carbonyl (C=O) groups excluding carboxylic acids is 1. The first-order valence-electron chi connectivity index (χ1n) is 5.57. The Morgan fingerprint density at radius 1 is 1.47 bits per heavy atom. The lowest BCUT2D eigenvalue weighted by Crippen LogP contribution is -2.47. The van der Waals surface area contributed by atoms with Gasteiger partial charge in [-0.1, -0.05) is 0 Å². The second-order valence-corrected chi connectivity index (χ2v) is 4.79. The maximum Gasteiger partial charge on any atom is 0.282 e. The Hall–Kier alpha value is -2.15. The quantitative estimate of drug-likeness (QED) is 0.629. The monoisotopic (exact) mass is 268 g/mol. The van der Waals surface area contributed by atoms with Crippen molar-refractivity contribution in [2.45, 2.75) is 19.4 Å². The van der Waals surface area contributed by atoms with E-state index in [0.29, 0.717) is 0 Å². The smallest absolute Gasteiger partial charge is 0.282 e. The molecule has 0 aliphatic rings. The third kappa shape index (κ3) is 3.00. The Kier molecular flexibility index (Phi) is 4.10. The predicted molar refractivity (Wildman–Crippen MR) is 68.0 cm³/mol. The number of nitrogens with zero attached hydrogens (tertiary/aromatic N) is 2. The summed E-state index contributed by atoms with van der Waals surface area (Å²) >= 11 is 0. The van der Waals surface area contributed by atoms with Crippen molar-refractivity contribution in [3.05, 3.63) is 33.9 Å². The summed E-state index contributed by atoms with van der Waals surface area (Å²) in [5.74, 6) is -0.870. The molecule has 2 N–H and O–H groups in total. The molecule has 1 amide bonds. The second kappa shape index (κ2) is 5.23. The predicted octanol–water partition coefficient (Wildman–Crippen LogP) is 1.14. The van der Waals surface area contributed by atoms with Crippen molar-refractivity contribution in [3.63, 3.8) is 0 Å². The highest BCUT2D eigenvalue weighted by molar-refractivity contribution is 5.98. The number of phenolic OH excluding ortho intramolecular Hbond substituents is 1. The average molecular weight is 268 g/mol. The number of nitro groups is 1. The van der Waals surface area contributed by atoms with Crippen LogP contribution in [0.5, 0.6) is 5.75 Å². The van der Waals surface area contributed by atoms with Crippen LogP contribution in [-0.2, 0) is 0 Å². The van der Waals surface area contributed by atoms with Gasteiger partial charge >= 0.3 is 0 Å². The van der Waals surface area contributed by atoms with Crippen LogP contribution >= 0.6 is 0 Å². The highest BCUT2D eigenvalue weighted by Gasteiger charge is 2.31. The van der Waals surface area contributed by atoms with Crippen LogP contribution in [0.25, 0.3) is 0 Å². The van der Waals surface area contributed by atoms with Crippen LogP contribution in [0.1, 0.15) is 24.2 Å². The molecule has 1 aromatic carbocycles. The van der Waals surface area contributed by atoms with E-state index < -0.39 is 16.4 Å². The zero-order valence-electron chi connectivity index (χ0n) is 11.0. The first kappa shape index (κ1) is 14.9. The summed E-state index contributed by atoms with van der Waals surface area (Å²) in [4.78, 5) is 23.6. The number of benzene rings is 1. The summed E-state index contributed by atoms with van der Waals surface area (Å²) in [5.41, 5.74) is -1.46. The van der Waals surface area contributed by atoms with Gasteiger partial charge in [0.15, 0.2) is 0 Å². The van der Waals surface area contributed by atoms with Crippen LogP contribution < -0.4 is 0 Å². The van der Waals surface area contributed by atoms with Gasteiger partial charge in [-0.05, 0) is 26.0 Å². The molecule has 104 valence electrons. The number of hydrogen-bond donors (Lipinski definition) is 2. The molecule has 0 spiro atoms. The van der Waals surface area contributed by atoms with Crippen molar-refractivity contribution < 1.29 is 19.9 Å². The van der Waals surface area contributed by atoms with E-state index in [1.807, 2.05) is 0 Å². The lowest BCUT2D eigenvalue weighted by atomic mass is 10.0. The van der Waals surface area contributed by atoms with E-state index in [4.69, 9.17) is 0 Å². The normalized spacial score (nSPS) is 11.2. The molecule has 0 radical (unpaired) electrons. The highest BCUT2D eigenvalue weighted by atomic mass is 16.6. The highest BCUT2D eigenvalue weighted by Crippen LogP contribution is 2.26. The molecule has 0 fully saturated rings. The van der Waals surface area contributed by atoms with Gasteiger partial charge in [0, 0.05) is 13.1 Å². The summed E-state index contributed by atoms with van der Waals surface area (Å²) in [6.45, 7) is 2.96. The Morgan fingerprint density at radius 3 is 2.53 bits per heavy atom. The molecule has 0 saturated heterocycles. The molecule has 7 heteroatoms. The molecule has 0 saturated carbocycles. The van der Waals surface area contributed by atoms with Crippen LogP contribution in [0.4, 0.5) is 5.69 Å².